The van der Waals surface area contributed by atoms with E-state index in [1.54, 1.807) is 12.3 Å². The quantitative estimate of drug-likeness (QED) is 0.338. The molecule has 1 aliphatic heterocycles. The molecule has 1 saturated heterocycles. The molecule has 2 aromatic rings. The van der Waals surface area contributed by atoms with Gasteiger partial charge in [-0.15, -0.1) is 11.3 Å². The van der Waals surface area contributed by atoms with Gasteiger partial charge in [-0.3, -0.25) is 19.8 Å². The van der Waals surface area contributed by atoms with E-state index >= 15 is 0 Å². The highest BCUT2D eigenvalue weighted by atomic mass is 32.1. The van der Waals surface area contributed by atoms with Gasteiger partial charge >= 0.3 is 12.1 Å². The average molecular weight is 466 g/mol. The molecule has 1 aliphatic rings. The number of carboxylic acids is 1. The summed E-state index contributed by atoms with van der Waals surface area (Å²) < 4.78 is 5.27. The number of nitrogens with zero attached hydrogens (tertiary/aromatic N) is 2. The maximum Gasteiger partial charge on any atom is 0.410 e. The molecule has 1 fully saturated rings. The molecule has 12 heteroatoms. The molecular weight excluding hydrogens is 446 g/mol. The summed E-state index contributed by atoms with van der Waals surface area (Å²) in [6.45, 7) is 1.71. The van der Waals surface area contributed by atoms with Crippen LogP contribution in [0.15, 0.2) is 29.6 Å². The van der Waals surface area contributed by atoms with Gasteiger partial charge in [0.25, 0.3) is 5.69 Å². The van der Waals surface area contributed by atoms with Gasteiger partial charge in [0.15, 0.2) is 0 Å². The second-order valence-electron chi connectivity index (χ2n) is 6.95. The van der Waals surface area contributed by atoms with Gasteiger partial charge in [-0.05, 0) is 42.0 Å². The fraction of sp³-hybridized carbons (Fsp3) is 0.316. The minimum Gasteiger partial charge on any atom is -0.478 e. The van der Waals surface area contributed by atoms with Crippen molar-refractivity contribution in [1.29, 1.82) is 0 Å². The lowest BCUT2D eigenvalue weighted by Crippen LogP contribution is -2.43. The first kappa shape index (κ1) is 22.6. The number of carboxylic acid groups (broad SMARTS) is 1. The van der Waals surface area contributed by atoms with Crippen LogP contribution in [0.4, 0.5) is 15.5 Å². The molecule has 0 bridgehead atoms. The van der Waals surface area contributed by atoms with Crippen LogP contribution in [-0.2, 0) is 16.1 Å². The van der Waals surface area contributed by atoms with Crippen molar-refractivity contribution in [1.82, 2.24) is 4.90 Å². The summed E-state index contributed by atoms with van der Waals surface area (Å²) in [6, 6.07) is 4.71. The molecule has 2 heterocycles. The average Bonchev–Trinajstić information content (AvgIpc) is 3.29. The zero-order valence-corrected chi connectivity index (χ0v) is 18.0. The molecule has 1 aromatic heterocycles. The molecule has 2 N–H and O–H groups in total. The Balaban J connectivity index is 1.66. The van der Waals surface area contributed by atoms with Crippen molar-refractivity contribution in [2.45, 2.75) is 31.2 Å². The highest BCUT2D eigenvalue weighted by molar-refractivity contribution is 7.81. The van der Waals surface area contributed by atoms with Crippen LogP contribution < -0.4 is 5.32 Å². The summed E-state index contributed by atoms with van der Waals surface area (Å²) in [5, 5.41) is 24.2. The molecule has 2 atom stereocenters. The van der Waals surface area contributed by atoms with Crippen LogP contribution in [0.2, 0.25) is 0 Å². The number of hydrogen-bond donors (Lipinski definition) is 3. The fourth-order valence-corrected chi connectivity index (χ4v) is 4.52. The zero-order valence-electron chi connectivity index (χ0n) is 16.3. The number of hydrogen-bond acceptors (Lipinski definition) is 8. The predicted octanol–water partition coefficient (Wildman–Crippen LogP) is 3.31. The number of ether oxygens (including phenoxy) is 1. The Hall–Kier alpha value is -3.12. The molecule has 0 aliphatic carbocycles. The van der Waals surface area contributed by atoms with E-state index in [0.717, 1.165) is 11.3 Å². The fourth-order valence-electron chi connectivity index (χ4n) is 3.20. The van der Waals surface area contributed by atoms with E-state index in [-0.39, 0.29) is 41.1 Å². The number of carbonyl (C=O) groups is 3. The number of thiophene rings is 1. The smallest absolute Gasteiger partial charge is 0.410 e. The predicted molar refractivity (Wildman–Crippen MR) is 116 cm³/mol. The lowest BCUT2D eigenvalue weighted by molar-refractivity contribution is -0.384. The van der Waals surface area contributed by atoms with Gasteiger partial charge < -0.3 is 15.2 Å². The van der Waals surface area contributed by atoms with E-state index in [9.17, 15) is 29.6 Å². The second kappa shape index (κ2) is 9.35. The molecule has 31 heavy (non-hydrogen) atoms. The van der Waals surface area contributed by atoms with Crippen LogP contribution in [0.5, 0.6) is 0 Å². The number of amides is 2. The van der Waals surface area contributed by atoms with Crippen molar-refractivity contribution < 1.29 is 29.2 Å². The van der Waals surface area contributed by atoms with Gasteiger partial charge in [-0.25, -0.2) is 9.59 Å². The number of non-ortho nitro benzene ring substituents is 1. The number of aryl methyl sites for hydroxylation is 1. The van der Waals surface area contributed by atoms with Gasteiger partial charge in [-0.2, -0.15) is 12.6 Å². The van der Waals surface area contributed by atoms with E-state index in [4.69, 9.17) is 4.74 Å². The number of rotatable bonds is 6. The third kappa shape index (κ3) is 5.14. The standard InChI is InChI=1S/C19H19N3O7S2/c1-10-9-31-17(15(10)18(24)25)20-16(23)14-6-13(30)7-21(14)19(26)29-8-11-2-4-12(5-3-11)22(27)28/h2-5,9,13-14,30H,6-8H2,1H3,(H,20,23)(H,24,25)/t13-,14-/m0/s1. The number of nitro benzene ring substituents is 1. The molecule has 1 aromatic carbocycles. The van der Waals surface area contributed by atoms with Crippen LogP contribution in [0.3, 0.4) is 0 Å². The lowest BCUT2D eigenvalue weighted by Gasteiger charge is -2.23. The topological polar surface area (TPSA) is 139 Å². The molecule has 2 amide bonds. The third-order valence-electron chi connectivity index (χ3n) is 4.75. The Labute approximate surface area is 186 Å². The Bertz CT molecular complexity index is 1020. The summed E-state index contributed by atoms with van der Waals surface area (Å²) in [7, 11) is 0. The zero-order chi connectivity index (χ0) is 22.7. The van der Waals surface area contributed by atoms with Crippen molar-refractivity contribution in [2.24, 2.45) is 0 Å². The van der Waals surface area contributed by atoms with Crippen molar-refractivity contribution in [3.63, 3.8) is 0 Å². The lowest BCUT2D eigenvalue weighted by atomic mass is 10.2. The van der Waals surface area contributed by atoms with E-state index in [0.29, 0.717) is 11.1 Å². The third-order valence-corrected chi connectivity index (χ3v) is 6.14. The molecule has 164 valence electrons. The monoisotopic (exact) mass is 465 g/mol. The minimum absolute atomic E-state index is 0.0195. The maximum atomic E-state index is 12.8. The Morgan fingerprint density at radius 1 is 1.35 bits per heavy atom. The number of thiol groups is 1. The van der Waals surface area contributed by atoms with Gasteiger partial charge in [-0.1, -0.05) is 0 Å². The molecule has 10 nitrogen and oxygen atoms in total. The highest BCUT2D eigenvalue weighted by Gasteiger charge is 2.39. The van der Waals surface area contributed by atoms with Crippen LogP contribution in [0.1, 0.15) is 27.9 Å². The maximum absolute atomic E-state index is 12.8. The minimum atomic E-state index is -1.15. The molecular formula is C19H19N3O7S2. The van der Waals surface area contributed by atoms with Crippen LogP contribution >= 0.6 is 24.0 Å². The largest absolute Gasteiger partial charge is 0.478 e. The number of anilines is 1. The first-order valence-corrected chi connectivity index (χ1v) is 10.5. The van der Waals surface area contributed by atoms with E-state index in [1.165, 1.54) is 29.2 Å². The summed E-state index contributed by atoms with van der Waals surface area (Å²) in [4.78, 5) is 48.2. The van der Waals surface area contributed by atoms with Crippen molar-refractivity contribution in [3.8, 4) is 0 Å². The molecule has 0 unspecified atom stereocenters. The summed E-state index contributed by atoms with van der Waals surface area (Å²) >= 11 is 5.47. The van der Waals surface area contributed by atoms with E-state index in [1.807, 2.05) is 0 Å². The number of nitrogens with one attached hydrogen (secondary N) is 1. The molecule has 0 spiro atoms. The first-order valence-electron chi connectivity index (χ1n) is 9.14. The van der Waals surface area contributed by atoms with E-state index in [2.05, 4.69) is 17.9 Å². The number of likely N-dealkylation sites (tertiary alicyclic amines) is 1. The Morgan fingerprint density at radius 3 is 2.65 bits per heavy atom. The Kier molecular flexibility index (Phi) is 6.81. The van der Waals surface area contributed by atoms with Gasteiger partial charge in [0.05, 0.1) is 10.5 Å². The van der Waals surface area contributed by atoms with Gasteiger partial charge in [0.1, 0.15) is 17.6 Å². The first-order chi connectivity index (χ1) is 14.7. The number of benzene rings is 1. The number of carbonyl (C=O) groups excluding carboxylic acids is 2. The SMILES string of the molecule is Cc1csc(NC(=O)[C@@H]2C[C@H](S)CN2C(=O)OCc2ccc([N+](=O)[O-])cc2)c1C(=O)O. The van der Waals surface area contributed by atoms with E-state index < -0.39 is 28.9 Å². The Morgan fingerprint density at radius 2 is 2.03 bits per heavy atom. The van der Waals surface area contributed by atoms with Crippen LogP contribution in [-0.4, -0.2) is 50.7 Å². The molecule has 3 rings (SSSR count). The van der Waals surface area contributed by atoms with Gasteiger partial charge in [0, 0.05) is 23.9 Å². The van der Waals surface area contributed by atoms with Crippen molar-refractivity contribution in [3.05, 3.63) is 56.5 Å². The second-order valence-corrected chi connectivity index (χ2v) is 8.56. The van der Waals surface area contributed by atoms with Crippen LogP contribution in [0.25, 0.3) is 0 Å². The molecule has 0 saturated carbocycles. The van der Waals surface area contributed by atoms with Gasteiger partial charge in [0.2, 0.25) is 5.91 Å². The van der Waals surface area contributed by atoms with Crippen molar-refractivity contribution >= 4 is 52.6 Å². The normalized spacial score (nSPS) is 17.9. The molecule has 0 radical (unpaired) electrons. The summed E-state index contributed by atoms with van der Waals surface area (Å²) in [5.41, 5.74) is 1.03. The van der Waals surface area contributed by atoms with Crippen molar-refractivity contribution in [2.75, 3.05) is 11.9 Å². The van der Waals surface area contributed by atoms with Crippen LogP contribution in [0, 0.1) is 17.0 Å². The number of aromatic carboxylic acids is 1. The number of nitro groups is 1. The summed E-state index contributed by atoms with van der Waals surface area (Å²) in [5.74, 6) is -1.67. The highest BCUT2D eigenvalue weighted by Crippen LogP contribution is 2.30. The summed E-state index contributed by atoms with van der Waals surface area (Å²) in [6.07, 6.45) is -0.440.